The molecule has 4 heteroatoms. The van der Waals surface area contributed by atoms with Crippen LogP contribution in [0.15, 0.2) is 18.2 Å². The lowest BCUT2D eigenvalue weighted by Crippen LogP contribution is -2.18. The molecule has 1 nitrogen and oxygen atoms in total. The third-order valence-electron chi connectivity index (χ3n) is 3.01. The fourth-order valence-electron chi connectivity index (χ4n) is 1.85. The number of aryl methyl sites for hydroxylation is 1. The highest BCUT2D eigenvalue weighted by molar-refractivity contribution is 5.38. The van der Waals surface area contributed by atoms with Crippen molar-refractivity contribution in [2.45, 2.75) is 52.3 Å². The third-order valence-corrected chi connectivity index (χ3v) is 3.01. The molecular weight excluding hydrogens is 241 g/mol. The van der Waals surface area contributed by atoms with Crippen LogP contribution in [0.5, 0.6) is 5.75 Å². The highest BCUT2D eigenvalue weighted by Gasteiger charge is 2.32. The van der Waals surface area contributed by atoms with Crippen LogP contribution < -0.4 is 4.74 Å². The van der Waals surface area contributed by atoms with Crippen molar-refractivity contribution in [2.24, 2.45) is 0 Å². The number of ether oxygens (including phenoxy) is 1. The molecule has 0 spiro atoms. The lowest BCUT2D eigenvalue weighted by Gasteiger charge is -2.26. The number of hydrogen-bond acceptors (Lipinski definition) is 1. The summed E-state index contributed by atoms with van der Waals surface area (Å²) in [5.41, 5.74) is 1.47. The topological polar surface area (TPSA) is 9.23 Å². The van der Waals surface area contributed by atoms with E-state index in [-0.39, 0.29) is 5.75 Å². The molecule has 18 heavy (non-hydrogen) atoms. The Morgan fingerprint density at radius 1 is 1.17 bits per heavy atom. The molecule has 1 aliphatic rings. The van der Waals surface area contributed by atoms with Gasteiger partial charge in [-0.05, 0) is 42.9 Å². The maximum atomic E-state index is 12.1. The Morgan fingerprint density at radius 3 is 2.22 bits per heavy atom. The number of benzene rings is 1. The van der Waals surface area contributed by atoms with Crippen molar-refractivity contribution in [3.8, 4) is 5.75 Å². The monoisotopic (exact) mass is 260 g/mol. The normalized spacial score (nSPS) is 15.4. The summed E-state index contributed by atoms with van der Waals surface area (Å²) < 4.78 is 40.4. The van der Waals surface area contributed by atoms with E-state index in [4.69, 9.17) is 0 Å². The summed E-state index contributed by atoms with van der Waals surface area (Å²) >= 11 is 0. The van der Waals surface area contributed by atoms with E-state index in [9.17, 15) is 13.2 Å². The molecule has 1 saturated carbocycles. The van der Waals surface area contributed by atoms with Gasteiger partial charge in [-0.1, -0.05) is 32.4 Å². The lowest BCUT2D eigenvalue weighted by atomic mass is 9.80. The molecule has 0 unspecified atom stereocenters. The van der Waals surface area contributed by atoms with Crippen molar-refractivity contribution in [3.05, 3.63) is 29.3 Å². The molecule has 1 aromatic carbocycles. The van der Waals surface area contributed by atoms with Gasteiger partial charge in [-0.25, -0.2) is 0 Å². The van der Waals surface area contributed by atoms with Crippen LogP contribution >= 0.6 is 0 Å². The van der Waals surface area contributed by atoms with E-state index >= 15 is 0 Å². The van der Waals surface area contributed by atoms with E-state index in [1.165, 1.54) is 6.07 Å². The second-order valence-corrected chi connectivity index (χ2v) is 4.20. The molecule has 0 saturated heterocycles. The van der Waals surface area contributed by atoms with Gasteiger partial charge in [0, 0.05) is 0 Å². The van der Waals surface area contributed by atoms with Crippen molar-refractivity contribution in [1.29, 1.82) is 0 Å². The van der Waals surface area contributed by atoms with Gasteiger partial charge in [0.05, 0.1) is 0 Å². The Balaban J connectivity index is 0.000000771. The zero-order valence-corrected chi connectivity index (χ0v) is 11.0. The molecule has 1 aliphatic carbocycles. The second kappa shape index (κ2) is 6.12. The van der Waals surface area contributed by atoms with Gasteiger partial charge >= 0.3 is 6.36 Å². The maximum Gasteiger partial charge on any atom is 0.573 e. The Bertz CT molecular complexity index is 381. The zero-order valence-electron chi connectivity index (χ0n) is 11.0. The maximum absolute atomic E-state index is 12.1. The largest absolute Gasteiger partial charge is 0.573 e. The van der Waals surface area contributed by atoms with Crippen LogP contribution in [0.1, 0.15) is 50.2 Å². The summed E-state index contributed by atoms with van der Waals surface area (Å²) in [6.45, 7) is 5.62. The van der Waals surface area contributed by atoms with Crippen LogP contribution in [0.3, 0.4) is 0 Å². The number of alkyl halides is 3. The quantitative estimate of drug-likeness (QED) is 0.711. The summed E-state index contributed by atoms with van der Waals surface area (Å²) in [5, 5.41) is 0. The standard InChI is InChI=1S/C12H13F3O.C2H6/c1-8-5-6-10(9-3-2-4-9)7-11(8)16-12(13,14)15;1-2/h5-7,9H,2-4H2,1H3;1-2H3. The van der Waals surface area contributed by atoms with E-state index in [1.807, 2.05) is 19.9 Å². The van der Waals surface area contributed by atoms with Gasteiger partial charge in [0.1, 0.15) is 5.75 Å². The van der Waals surface area contributed by atoms with Crippen LogP contribution in [0.4, 0.5) is 13.2 Å². The Labute approximate surface area is 106 Å². The van der Waals surface area contributed by atoms with Crippen LogP contribution in [0.2, 0.25) is 0 Å². The molecule has 0 bridgehead atoms. The molecular formula is C14H19F3O. The van der Waals surface area contributed by atoms with Gasteiger partial charge in [-0.3, -0.25) is 0 Å². The fourth-order valence-corrected chi connectivity index (χ4v) is 1.85. The van der Waals surface area contributed by atoms with E-state index in [1.54, 1.807) is 13.0 Å². The summed E-state index contributed by atoms with van der Waals surface area (Å²) in [4.78, 5) is 0. The molecule has 1 aromatic rings. The minimum absolute atomic E-state index is 0.0723. The SMILES string of the molecule is CC.Cc1ccc(C2CCC2)cc1OC(F)(F)F. The zero-order chi connectivity index (χ0) is 13.8. The molecule has 1 fully saturated rings. The summed E-state index contributed by atoms with van der Waals surface area (Å²) in [7, 11) is 0. The van der Waals surface area contributed by atoms with Crippen molar-refractivity contribution >= 4 is 0 Å². The van der Waals surface area contributed by atoms with Gasteiger partial charge in [0.15, 0.2) is 0 Å². The van der Waals surface area contributed by atoms with Crippen molar-refractivity contribution in [2.75, 3.05) is 0 Å². The molecule has 0 atom stereocenters. The number of hydrogen-bond donors (Lipinski definition) is 0. The minimum Gasteiger partial charge on any atom is -0.406 e. The highest BCUT2D eigenvalue weighted by Crippen LogP contribution is 2.38. The van der Waals surface area contributed by atoms with E-state index in [2.05, 4.69) is 4.74 Å². The molecule has 0 heterocycles. The first kappa shape index (κ1) is 14.9. The van der Waals surface area contributed by atoms with Gasteiger partial charge in [-0.2, -0.15) is 0 Å². The van der Waals surface area contributed by atoms with Gasteiger partial charge in [-0.15, -0.1) is 13.2 Å². The first-order valence-electron chi connectivity index (χ1n) is 6.32. The average molecular weight is 260 g/mol. The van der Waals surface area contributed by atoms with Crippen molar-refractivity contribution in [3.63, 3.8) is 0 Å². The van der Waals surface area contributed by atoms with Gasteiger partial charge in [0.25, 0.3) is 0 Å². The number of halogens is 3. The molecule has 0 amide bonds. The van der Waals surface area contributed by atoms with E-state index in [0.29, 0.717) is 11.5 Å². The van der Waals surface area contributed by atoms with Crippen LogP contribution in [-0.4, -0.2) is 6.36 Å². The van der Waals surface area contributed by atoms with E-state index < -0.39 is 6.36 Å². The number of rotatable bonds is 2. The Kier molecular flexibility index (Phi) is 5.05. The molecule has 0 radical (unpaired) electrons. The Hall–Kier alpha value is -1.19. The Morgan fingerprint density at radius 2 is 1.78 bits per heavy atom. The highest BCUT2D eigenvalue weighted by atomic mass is 19.4. The van der Waals surface area contributed by atoms with Gasteiger partial charge in [0.2, 0.25) is 0 Å². The average Bonchev–Trinajstić information content (AvgIpc) is 2.21. The van der Waals surface area contributed by atoms with Crippen molar-refractivity contribution in [1.82, 2.24) is 0 Å². The first-order valence-corrected chi connectivity index (χ1v) is 6.32. The summed E-state index contributed by atoms with van der Waals surface area (Å²) in [5.74, 6) is 0.341. The molecule has 0 aliphatic heterocycles. The predicted octanol–water partition coefficient (Wildman–Crippen LogP) is 5.19. The second-order valence-electron chi connectivity index (χ2n) is 4.20. The molecule has 0 N–H and O–H groups in total. The van der Waals surface area contributed by atoms with Gasteiger partial charge < -0.3 is 4.74 Å². The summed E-state index contributed by atoms with van der Waals surface area (Å²) in [6, 6.07) is 5.10. The smallest absolute Gasteiger partial charge is 0.406 e. The van der Waals surface area contributed by atoms with Crippen molar-refractivity contribution < 1.29 is 17.9 Å². The van der Waals surface area contributed by atoms with E-state index in [0.717, 1.165) is 24.8 Å². The lowest BCUT2D eigenvalue weighted by molar-refractivity contribution is -0.274. The fraction of sp³-hybridized carbons (Fsp3) is 0.571. The van der Waals surface area contributed by atoms with Crippen LogP contribution in [0, 0.1) is 6.92 Å². The first-order chi connectivity index (χ1) is 8.46. The molecule has 102 valence electrons. The van der Waals surface area contributed by atoms with Crippen LogP contribution in [-0.2, 0) is 0 Å². The predicted molar refractivity (Wildman–Crippen MR) is 65.8 cm³/mol. The third kappa shape index (κ3) is 3.93. The molecule has 2 rings (SSSR count). The summed E-state index contributed by atoms with van der Waals surface area (Å²) in [6.07, 6.45) is -1.32. The van der Waals surface area contributed by atoms with Crippen LogP contribution in [0.25, 0.3) is 0 Å². The molecule has 0 aromatic heterocycles. The minimum atomic E-state index is -4.61.